The van der Waals surface area contributed by atoms with E-state index in [1.165, 1.54) is 28.8 Å². The summed E-state index contributed by atoms with van der Waals surface area (Å²) in [6.45, 7) is 0. The molecule has 6 heteroatoms. The summed E-state index contributed by atoms with van der Waals surface area (Å²) in [6, 6.07) is 19.9. The largest absolute Gasteiger partial charge is 0.545 e. The first kappa shape index (κ1) is 17.5. The molecule has 3 aromatic carbocycles. The topological polar surface area (TPSA) is 60.4 Å². The standard InChI is InChI=1S/C21H13NO3S2/c23-19-18(12-13-5-6-14-3-1-2-4-16(14)11-13)27-21(26)22(19)17-9-7-15(8-10-17)20(24)25/h1-12H,(H,24,25)/p-1/b18-12+. The van der Waals surface area contributed by atoms with Crippen LogP contribution in [0.25, 0.3) is 16.8 Å². The summed E-state index contributed by atoms with van der Waals surface area (Å²) in [5.74, 6) is -1.48. The number of fused-ring (bicyclic) bond motifs is 1. The lowest BCUT2D eigenvalue weighted by Gasteiger charge is -2.15. The Balaban J connectivity index is 1.65. The van der Waals surface area contributed by atoms with E-state index in [2.05, 4.69) is 0 Å². The minimum atomic E-state index is -1.26. The van der Waals surface area contributed by atoms with E-state index < -0.39 is 5.97 Å². The summed E-state index contributed by atoms with van der Waals surface area (Å²) in [4.78, 5) is 25.6. The molecular weight excluding hydrogens is 378 g/mol. The van der Waals surface area contributed by atoms with Gasteiger partial charge in [0, 0.05) is 0 Å². The smallest absolute Gasteiger partial charge is 0.270 e. The molecule has 27 heavy (non-hydrogen) atoms. The number of benzene rings is 3. The molecule has 0 radical (unpaired) electrons. The van der Waals surface area contributed by atoms with Gasteiger partial charge in [-0.15, -0.1) is 0 Å². The summed E-state index contributed by atoms with van der Waals surface area (Å²) in [6.07, 6.45) is 1.82. The van der Waals surface area contributed by atoms with Gasteiger partial charge in [-0.1, -0.05) is 72.5 Å². The van der Waals surface area contributed by atoms with Crippen LogP contribution in [0.3, 0.4) is 0 Å². The molecule has 0 unspecified atom stereocenters. The summed E-state index contributed by atoms with van der Waals surface area (Å²) in [5, 5.41) is 13.1. The Kier molecular flexibility index (Phi) is 4.51. The highest BCUT2D eigenvalue weighted by Crippen LogP contribution is 2.36. The van der Waals surface area contributed by atoms with Crippen molar-refractivity contribution in [2.75, 3.05) is 4.90 Å². The first-order valence-corrected chi connectivity index (χ1v) is 9.33. The van der Waals surface area contributed by atoms with Crippen LogP contribution in [-0.4, -0.2) is 16.2 Å². The zero-order valence-electron chi connectivity index (χ0n) is 13.9. The van der Waals surface area contributed by atoms with Crippen LogP contribution in [0, 0.1) is 0 Å². The van der Waals surface area contributed by atoms with Crippen LogP contribution >= 0.6 is 24.0 Å². The van der Waals surface area contributed by atoms with Gasteiger partial charge in [0.15, 0.2) is 4.32 Å². The molecule has 0 spiro atoms. The van der Waals surface area contributed by atoms with Crippen LogP contribution in [0.2, 0.25) is 0 Å². The van der Waals surface area contributed by atoms with Gasteiger partial charge in [-0.2, -0.15) is 0 Å². The number of carboxylic acids is 1. The molecule has 0 atom stereocenters. The quantitative estimate of drug-likeness (QED) is 0.505. The lowest BCUT2D eigenvalue weighted by atomic mass is 10.1. The number of anilines is 1. The highest BCUT2D eigenvalue weighted by Gasteiger charge is 2.33. The fraction of sp³-hybridized carbons (Fsp3) is 0. The number of thioether (sulfide) groups is 1. The fourth-order valence-corrected chi connectivity index (χ4v) is 4.18. The molecular formula is C21H12NO3S2-. The van der Waals surface area contributed by atoms with Crippen molar-refractivity contribution in [3.05, 3.63) is 82.8 Å². The first-order chi connectivity index (χ1) is 13.0. The second-order valence-electron chi connectivity index (χ2n) is 5.96. The molecule has 1 fully saturated rings. The minimum absolute atomic E-state index is 0.0518. The number of aromatic carboxylic acids is 1. The average Bonchev–Trinajstić information content (AvgIpc) is 2.95. The van der Waals surface area contributed by atoms with E-state index in [-0.39, 0.29) is 11.5 Å². The van der Waals surface area contributed by atoms with Crippen molar-refractivity contribution in [2.24, 2.45) is 0 Å². The number of carboxylic acid groups (broad SMARTS) is 1. The van der Waals surface area contributed by atoms with Crippen molar-refractivity contribution in [2.45, 2.75) is 0 Å². The number of thiocarbonyl (C=S) groups is 1. The molecule has 132 valence electrons. The maximum Gasteiger partial charge on any atom is 0.270 e. The van der Waals surface area contributed by atoms with Gasteiger partial charge >= 0.3 is 0 Å². The monoisotopic (exact) mass is 390 g/mol. The van der Waals surface area contributed by atoms with E-state index in [1.54, 1.807) is 12.1 Å². The van der Waals surface area contributed by atoms with Crippen LogP contribution in [0.15, 0.2) is 71.6 Å². The van der Waals surface area contributed by atoms with Crippen LogP contribution in [0.1, 0.15) is 15.9 Å². The SMILES string of the molecule is O=C([O-])c1ccc(N2C(=O)/C(=C\c3ccc4ccccc4c3)SC2=S)cc1. The average molecular weight is 390 g/mol. The number of hydrogen-bond donors (Lipinski definition) is 0. The fourth-order valence-electron chi connectivity index (χ4n) is 2.89. The maximum absolute atomic E-state index is 12.8. The van der Waals surface area contributed by atoms with Gasteiger partial charge < -0.3 is 9.90 Å². The normalized spacial score (nSPS) is 15.7. The summed E-state index contributed by atoms with van der Waals surface area (Å²) in [7, 11) is 0. The number of carbonyl (C=O) groups excluding carboxylic acids is 2. The zero-order chi connectivity index (χ0) is 19.0. The molecule has 1 saturated heterocycles. The molecule has 0 saturated carbocycles. The lowest BCUT2D eigenvalue weighted by Crippen LogP contribution is -2.28. The number of hydrogen-bond acceptors (Lipinski definition) is 5. The van der Waals surface area contributed by atoms with Gasteiger partial charge in [-0.25, -0.2) is 0 Å². The molecule has 0 aromatic heterocycles. The number of nitrogens with zero attached hydrogens (tertiary/aromatic N) is 1. The van der Waals surface area contributed by atoms with E-state index in [0.29, 0.717) is 14.9 Å². The van der Waals surface area contributed by atoms with Crippen molar-refractivity contribution in [1.29, 1.82) is 0 Å². The third kappa shape index (κ3) is 3.37. The van der Waals surface area contributed by atoms with Gasteiger partial charge in [0.2, 0.25) is 0 Å². The Morgan fingerprint density at radius 1 is 1.00 bits per heavy atom. The molecule has 1 amide bonds. The maximum atomic E-state index is 12.8. The van der Waals surface area contributed by atoms with E-state index in [9.17, 15) is 14.7 Å². The highest BCUT2D eigenvalue weighted by atomic mass is 32.2. The number of amides is 1. The zero-order valence-corrected chi connectivity index (χ0v) is 15.5. The Morgan fingerprint density at radius 3 is 2.41 bits per heavy atom. The lowest BCUT2D eigenvalue weighted by molar-refractivity contribution is -0.255. The van der Waals surface area contributed by atoms with Crippen LogP contribution in [-0.2, 0) is 4.79 Å². The van der Waals surface area contributed by atoms with E-state index in [1.807, 2.05) is 48.5 Å². The molecule has 4 nitrogen and oxygen atoms in total. The summed E-state index contributed by atoms with van der Waals surface area (Å²) < 4.78 is 0.410. The van der Waals surface area contributed by atoms with Gasteiger partial charge in [0.1, 0.15) is 0 Å². The first-order valence-electron chi connectivity index (χ1n) is 8.11. The van der Waals surface area contributed by atoms with Crippen LogP contribution < -0.4 is 10.0 Å². The Bertz CT molecular complexity index is 1120. The molecule has 3 aromatic rings. The van der Waals surface area contributed by atoms with Crippen molar-refractivity contribution >= 4 is 62.7 Å². The summed E-state index contributed by atoms with van der Waals surface area (Å²) in [5.41, 5.74) is 1.50. The Morgan fingerprint density at radius 2 is 1.70 bits per heavy atom. The predicted octanol–water partition coefficient (Wildman–Crippen LogP) is 3.61. The van der Waals surface area contributed by atoms with Crippen LogP contribution in [0.5, 0.6) is 0 Å². The van der Waals surface area contributed by atoms with E-state index in [0.717, 1.165) is 16.3 Å². The highest BCUT2D eigenvalue weighted by molar-refractivity contribution is 8.27. The van der Waals surface area contributed by atoms with Gasteiger partial charge in [0.05, 0.1) is 16.6 Å². The molecule has 0 N–H and O–H groups in total. The minimum Gasteiger partial charge on any atom is -0.545 e. The van der Waals surface area contributed by atoms with Crippen LogP contribution in [0.4, 0.5) is 5.69 Å². The Hall–Kier alpha value is -2.96. The van der Waals surface area contributed by atoms with E-state index >= 15 is 0 Å². The van der Waals surface area contributed by atoms with Crippen molar-refractivity contribution < 1.29 is 14.7 Å². The second kappa shape index (κ2) is 6.98. The Labute approximate surface area is 165 Å². The third-order valence-electron chi connectivity index (χ3n) is 4.23. The third-order valence-corrected chi connectivity index (χ3v) is 5.53. The van der Waals surface area contributed by atoms with Crippen molar-refractivity contribution in [3.63, 3.8) is 0 Å². The van der Waals surface area contributed by atoms with Crippen molar-refractivity contribution in [3.8, 4) is 0 Å². The van der Waals surface area contributed by atoms with Gasteiger partial charge in [-0.3, -0.25) is 9.69 Å². The molecule has 0 aliphatic carbocycles. The molecule has 1 heterocycles. The van der Waals surface area contributed by atoms with E-state index in [4.69, 9.17) is 12.2 Å². The molecule has 4 rings (SSSR count). The second-order valence-corrected chi connectivity index (χ2v) is 7.63. The van der Waals surface area contributed by atoms with Gasteiger partial charge in [-0.05, 0) is 46.2 Å². The van der Waals surface area contributed by atoms with Crippen molar-refractivity contribution in [1.82, 2.24) is 0 Å². The summed E-state index contributed by atoms with van der Waals surface area (Å²) >= 11 is 6.58. The molecule has 1 aliphatic heterocycles. The number of rotatable bonds is 3. The number of carbonyl (C=O) groups is 2. The van der Waals surface area contributed by atoms with Gasteiger partial charge in [0.25, 0.3) is 5.91 Å². The molecule has 0 bridgehead atoms. The predicted molar refractivity (Wildman–Crippen MR) is 110 cm³/mol. The molecule has 1 aliphatic rings.